The van der Waals surface area contributed by atoms with E-state index in [1.54, 1.807) is 19.2 Å². The van der Waals surface area contributed by atoms with Crippen LogP contribution in [0.2, 0.25) is 0 Å². The van der Waals surface area contributed by atoms with Crippen LogP contribution in [0.3, 0.4) is 0 Å². The normalized spacial score (nSPS) is 17.8. The van der Waals surface area contributed by atoms with E-state index in [-0.39, 0.29) is 6.42 Å². The number of ether oxygens (including phenoxy) is 4. The van der Waals surface area contributed by atoms with Crippen molar-refractivity contribution in [2.45, 2.75) is 12.5 Å². The molecule has 1 unspecified atom stereocenters. The standard InChI is InChI=1S/C21H23NO6/c1-25-14-7-5-12(6-8-14)20-16(23)11-15(22-24)19(20)13-9-17(26-2)21(28-4)18(10-13)27-3/h5-10,16,23-24H,11H2,1-4H3/b22-15+. The molecule has 148 valence electrons. The molecule has 1 aliphatic rings. The van der Waals surface area contributed by atoms with E-state index < -0.39 is 6.10 Å². The monoisotopic (exact) mass is 385 g/mol. The molecule has 0 heterocycles. The van der Waals surface area contributed by atoms with Gasteiger partial charge in [0.25, 0.3) is 0 Å². The molecule has 0 fully saturated rings. The van der Waals surface area contributed by atoms with Gasteiger partial charge in [0.2, 0.25) is 5.75 Å². The fraction of sp³-hybridized carbons (Fsp3) is 0.286. The number of allylic oxidation sites excluding steroid dienone is 1. The average Bonchev–Trinajstić information content (AvgIpc) is 3.08. The molecule has 7 heteroatoms. The van der Waals surface area contributed by atoms with Crippen molar-refractivity contribution in [3.05, 3.63) is 47.5 Å². The Hall–Kier alpha value is -3.19. The third-order valence-electron chi connectivity index (χ3n) is 4.75. The molecule has 2 N–H and O–H groups in total. The van der Waals surface area contributed by atoms with Gasteiger partial charge >= 0.3 is 0 Å². The van der Waals surface area contributed by atoms with Crippen LogP contribution in [0.1, 0.15) is 17.5 Å². The second-order valence-corrected chi connectivity index (χ2v) is 6.20. The van der Waals surface area contributed by atoms with Gasteiger partial charge in [0.1, 0.15) is 5.75 Å². The van der Waals surface area contributed by atoms with Gasteiger partial charge in [-0.05, 0) is 41.0 Å². The SMILES string of the molecule is COc1ccc(C2=C(c3cc(OC)c(OC)c(OC)c3)/C(=N/O)CC2O)cc1. The van der Waals surface area contributed by atoms with Crippen LogP contribution < -0.4 is 18.9 Å². The van der Waals surface area contributed by atoms with Gasteiger partial charge in [-0.15, -0.1) is 0 Å². The quantitative estimate of drug-likeness (QED) is 0.586. The Morgan fingerprint density at radius 2 is 1.46 bits per heavy atom. The molecule has 1 aliphatic carbocycles. The lowest BCUT2D eigenvalue weighted by Gasteiger charge is -2.16. The fourth-order valence-corrected chi connectivity index (χ4v) is 3.45. The summed E-state index contributed by atoms with van der Waals surface area (Å²) in [6.45, 7) is 0. The maximum absolute atomic E-state index is 10.7. The Morgan fingerprint density at radius 1 is 0.857 bits per heavy atom. The predicted molar refractivity (Wildman–Crippen MR) is 106 cm³/mol. The van der Waals surface area contributed by atoms with Gasteiger partial charge in [-0.3, -0.25) is 0 Å². The molecular weight excluding hydrogens is 362 g/mol. The molecular formula is C21H23NO6. The molecule has 3 rings (SSSR count). The molecule has 1 atom stereocenters. The lowest BCUT2D eigenvalue weighted by molar-refractivity contribution is 0.242. The maximum Gasteiger partial charge on any atom is 0.203 e. The van der Waals surface area contributed by atoms with Crippen molar-refractivity contribution in [1.29, 1.82) is 0 Å². The first kappa shape index (κ1) is 19.6. The number of nitrogens with zero attached hydrogens (tertiary/aromatic N) is 1. The van der Waals surface area contributed by atoms with Crippen LogP contribution in [0.4, 0.5) is 0 Å². The Kier molecular flexibility index (Phi) is 5.75. The summed E-state index contributed by atoms with van der Waals surface area (Å²) in [4.78, 5) is 0. The molecule has 0 saturated heterocycles. The van der Waals surface area contributed by atoms with E-state index in [0.717, 1.165) is 5.56 Å². The van der Waals surface area contributed by atoms with Gasteiger partial charge in [0, 0.05) is 12.0 Å². The van der Waals surface area contributed by atoms with Gasteiger partial charge in [0.15, 0.2) is 11.5 Å². The van der Waals surface area contributed by atoms with Crippen LogP contribution in [-0.4, -0.2) is 50.6 Å². The lowest BCUT2D eigenvalue weighted by Crippen LogP contribution is -2.05. The molecule has 2 aromatic rings. The van der Waals surface area contributed by atoms with E-state index in [2.05, 4.69) is 5.16 Å². The summed E-state index contributed by atoms with van der Waals surface area (Å²) in [7, 11) is 6.19. The number of benzene rings is 2. The summed E-state index contributed by atoms with van der Waals surface area (Å²) < 4.78 is 21.5. The first-order chi connectivity index (χ1) is 13.6. The highest BCUT2D eigenvalue weighted by atomic mass is 16.5. The van der Waals surface area contributed by atoms with Gasteiger partial charge < -0.3 is 29.3 Å². The third kappa shape index (κ3) is 3.36. The smallest absolute Gasteiger partial charge is 0.203 e. The topological polar surface area (TPSA) is 89.7 Å². The largest absolute Gasteiger partial charge is 0.497 e. The highest BCUT2D eigenvalue weighted by Crippen LogP contribution is 2.45. The Morgan fingerprint density at radius 3 is 1.93 bits per heavy atom. The molecule has 28 heavy (non-hydrogen) atoms. The third-order valence-corrected chi connectivity index (χ3v) is 4.75. The first-order valence-corrected chi connectivity index (χ1v) is 8.66. The summed E-state index contributed by atoms with van der Waals surface area (Å²) in [5.74, 6) is 2.11. The second kappa shape index (κ2) is 8.22. The van der Waals surface area contributed by atoms with Crippen LogP contribution in [0, 0.1) is 0 Å². The van der Waals surface area contributed by atoms with E-state index in [4.69, 9.17) is 18.9 Å². The Balaban J connectivity index is 2.25. The number of aliphatic hydroxyl groups is 1. The Bertz CT molecular complexity index is 892. The minimum absolute atomic E-state index is 0.198. The number of rotatable bonds is 6. The van der Waals surface area contributed by atoms with E-state index in [9.17, 15) is 10.3 Å². The molecule has 0 bridgehead atoms. The van der Waals surface area contributed by atoms with Gasteiger partial charge in [-0.2, -0.15) is 0 Å². The van der Waals surface area contributed by atoms with E-state index in [1.165, 1.54) is 21.3 Å². The number of hydrogen-bond donors (Lipinski definition) is 2. The van der Waals surface area contributed by atoms with Crippen molar-refractivity contribution in [2.24, 2.45) is 5.16 Å². The predicted octanol–water partition coefficient (Wildman–Crippen LogP) is 3.23. The molecule has 2 aromatic carbocycles. The maximum atomic E-state index is 10.7. The summed E-state index contributed by atoms with van der Waals surface area (Å²) in [6.07, 6.45) is -0.613. The van der Waals surface area contributed by atoms with E-state index in [0.29, 0.717) is 45.4 Å². The van der Waals surface area contributed by atoms with Crippen molar-refractivity contribution >= 4 is 16.9 Å². The number of hydrogen-bond acceptors (Lipinski definition) is 7. The molecule has 0 aromatic heterocycles. The molecule has 7 nitrogen and oxygen atoms in total. The number of oxime groups is 1. The van der Waals surface area contributed by atoms with E-state index in [1.807, 2.05) is 24.3 Å². The second-order valence-electron chi connectivity index (χ2n) is 6.20. The fourth-order valence-electron chi connectivity index (χ4n) is 3.45. The number of aliphatic hydroxyl groups excluding tert-OH is 1. The zero-order valence-electron chi connectivity index (χ0n) is 16.2. The first-order valence-electron chi connectivity index (χ1n) is 8.66. The lowest BCUT2D eigenvalue weighted by atomic mass is 9.95. The zero-order chi connectivity index (χ0) is 20.3. The van der Waals surface area contributed by atoms with Crippen molar-refractivity contribution in [2.75, 3.05) is 28.4 Å². The van der Waals surface area contributed by atoms with Crippen molar-refractivity contribution in [3.8, 4) is 23.0 Å². The Labute approximate surface area is 163 Å². The summed E-state index contributed by atoms with van der Waals surface area (Å²) in [5, 5.41) is 23.7. The average molecular weight is 385 g/mol. The highest BCUT2D eigenvalue weighted by molar-refractivity contribution is 6.34. The zero-order valence-corrected chi connectivity index (χ0v) is 16.2. The van der Waals surface area contributed by atoms with Crippen LogP contribution in [0.15, 0.2) is 41.6 Å². The summed E-state index contributed by atoms with van der Waals surface area (Å²) >= 11 is 0. The molecule has 0 saturated carbocycles. The molecule has 0 spiro atoms. The van der Waals surface area contributed by atoms with Crippen molar-refractivity contribution in [1.82, 2.24) is 0 Å². The molecule has 0 radical (unpaired) electrons. The summed E-state index contributed by atoms with van der Waals surface area (Å²) in [6, 6.07) is 10.9. The van der Waals surface area contributed by atoms with Gasteiger partial charge in [-0.25, -0.2) is 0 Å². The molecule has 0 aliphatic heterocycles. The van der Waals surface area contributed by atoms with Gasteiger partial charge in [0.05, 0.1) is 40.3 Å². The van der Waals surface area contributed by atoms with Gasteiger partial charge in [-0.1, -0.05) is 17.3 Å². The molecule has 0 amide bonds. The minimum Gasteiger partial charge on any atom is -0.497 e. The van der Waals surface area contributed by atoms with Crippen LogP contribution in [0.5, 0.6) is 23.0 Å². The van der Waals surface area contributed by atoms with Crippen LogP contribution >= 0.6 is 0 Å². The van der Waals surface area contributed by atoms with E-state index >= 15 is 0 Å². The van der Waals surface area contributed by atoms with Crippen molar-refractivity contribution < 1.29 is 29.3 Å². The van der Waals surface area contributed by atoms with Crippen LogP contribution in [0.25, 0.3) is 11.1 Å². The van der Waals surface area contributed by atoms with Crippen molar-refractivity contribution in [3.63, 3.8) is 0 Å². The van der Waals surface area contributed by atoms with Crippen LogP contribution in [-0.2, 0) is 0 Å². The minimum atomic E-state index is -0.812. The number of methoxy groups -OCH3 is 4. The summed E-state index contributed by atoms with van der Waals surface area (Å²) in [5.41, 5.74) is 3.15. The highest BCUT2D eigenvalue weighted by Gasteiger charge is 2.33.